The Morgan fingerprint density at radius 3 is 2.96 bits per heavy atom. The Labute approximate surface area is 147 Å². The molecular weight excluding hydrogens is 346 g/mol. The fourth-order valence-electron chi connectivity index (χ4n) is 2.11. The number of carbonyl (C=O) groups excluding carboxylic acids is 1. The third-order valence-corrected chi connectivity index (χ3v) is 7.70. The molecule has 0 bridgehead atoms. The summed E-state index contributed by atoms with van der Waals surface area (Å²) in [5.41, 5.74) is 0.249. The minimum atomic E-state index is -2.64. The van der Waals surface area contributed by atoms with Gasteiger partial charge in [-0.15, -0.1) is 11.3 Å². The largest absolute Gasteiger partial charge is 0.391 e. The van der Waals surface area contributed by atoms with Gasteiger partial charge in [-0.25, -0.2) is 8.51 Å². The molecule has 0 saturated heterocycles. The van der Waals surface area contributed by atoms with Gasteiger partial charge in [-0.3, -0.25) is 4.79 Å². The first-order valence-electron chi connectivity index (χ1n) is 7.70. The van der Waals surface area contributed by atoms with E-state index in [1.165, 1.54) is 11.3 Å². The van der Waals surface area contributed by atoms with Crippen LogP contribution in [-0.4, -0.2) is 58.7 Å². The van der Waals surface area contributed by atoms with Crippen LogP contribution in [0, 0.1) is 0 Å². The predicted molar refractivity (Wildman–Crippen MR) is 100 cm³/mol. The monoisotopic (exact) mass is 369 g/mol. The standard InChI is InChI=1S/C16H23N3O3S2/c1-5-17-11-12(2)19(3)24(4,21)15-9-8-14(23-15)16(20)13-7-6-10-22-18-13/h6-9,12,17H,4-5,10-11H2,1-3H3. The molecule has 8 heteroatoms. The summed E-state index contributed by atoms with van der Waals surface area (Å²) < 4.78 is 15.5. The number of hydrogen-bond acceptors (Lipinski definition) is 6. The Morgan fingerprint density at radius 1 is 1.58 bits per heavy atom. The number of Topliss-reactive ketones (excluding diaryl/α,β-unsaturated/α-hetero) is 1. The molecule has 1 N–H and O–H groups in total. The second-order valence-electron chi connectivity index (χ2n) is 5.47. The molecule has 0 fully saturated rings. The topological polar surface area (TPSA) is 71.0 Å². The lowest BCUT2D eigenvalue weighted by atomic mass is 10.2. The lowest BCUT2D eigenvalue weighted by molar-refractivity contribution is 0.105. The van der Waals surface area contributed by atoms with E-state index in [1.807, 2.05) is 13.8 Å². The Morgan fingerprint density at radius 2 is 2.33 bits per heavy atom. The second kappa shape index (κ2) is 8.06. The lowest BCUT2D eigenvalue weighted by Crippen LogP contribution is -2.41. The van der Waals surface area contributed by atoms with Gasteiger partial charge in [-0.1, -0.05) is 12.1 Å². The highest BCUT2D eigenvalue weighted by atomic mass is 32.2. The number of hydrogen-bond donors (Lipinski definition) is 1. The summed E-state index contributed by atoms with van der Waals surface area (Å²) >= 11 is 1.19. The quantitative estimate of drug-likeness (QED) is 0.560. The molecule has 1 aliphatic rings. The summed E-state index contributed by atoms with van der Waals surface area (Å²) in [6.07, 6.45) is 3.37. The average molecular weight is 370 g/mol. The van der Waals surface area contributed by atoms with Crippen molar-refractivity contribution in [3.05, 3.63) is 29.2 Å². The van der Waals surface area contributed by atoms with Gasteiger partial charge in [0.2, 0.25) is 5.78 Å². The molecule has 2 unspecified atom stereocenters. The first kappa shape index (κ1) is 18.9. The molecule has 0 saturated carbocycles. The van der Waals surface area contributed by atoms with Crippen molar-refractivity contribution in [2.24, 2.45) is 5.16 Å². The van der Waals surface area contributed by atoms with E-state index in [0.29, 0.717) is 15.7 Å². The maximum Gasteiger partial charge on any atom is 0.224 e. The summed E-state index contributed by atoms with van der Waals surface area (Å²) in [6.45, 7) is 5.96. The fourth-order valence-corrected chi connectivity index (χ4v) is 5.16. The van der Waals surface area contributed by atoms with Crippen LogP contribution in [0.15, 0.2) is 33.6 Å². The lowest BCUT2D eigenvalue weighted by Gasteiger charge is -2.27. The zero-order chi connectivity index (χ0) is 17.7. The van der Waals surface area contributed by atoms with Crippen LogP contribution >= 0.6 is 11.3 Å². The third kappa shape index (κ3) is 4.13. The zero-order valence-electron chi connectivity index (χ0n) is 14.2. The maximum atomic E-state index is 13.1. The Bertz CT molecular complexity index is 750. The number of oxime groups is 1. The minimum Gasteiger partial charge on any atom is -0.391 e. The minimum absolute atomic E-state index is 0.0512. The van der Waals surface area contributed by atoms with Crippen LogP contribution in [0.2, 0.25) is 0 Å². The number of carbonyl (C=O) groups is 1. The smallest absolute Gasteiger partial charge is 0.224 e. The highest BCUT2D eigenvalue weighted by molar-refractivity contribution is 8.00. The number of likely N-dealkylation sites (N-methyl/N-ethyl adjacent to an activating group) is 2. The summed E-state index contributed by atoms with van der Waals surface area (Å²) in [4.78, 5) is 17.8. The van der Waals surface area contributed by atoms with E-state index >= 15 is 0 Å². The van der Waals surface area contributed by atoms with Gasteiger partial charge >= 0.3 is 0 Å². The van der Waals surface area contributed by atoms with Gasteiger partial charge in [0, 0.05) is 12.6 Å². The Hall–Kier alpha value is -1.48. The van der Waals surface area contributed by atoms with Crippen molar-refractivity contribution in [3.63, 3.8) is 0 Å². The van der Waals surface area contributed by atoms with E-state index in [-0.39, 0.29) is 17.5 Å². The van der Waals surface area contributed by atoms with E-state index in [0.717, 1.165) is 13.1 Å². The molecule has 0 spiro atoms. The molecule has 6 nitrogen and oxygen atoms in total. The van der Waals surface area contributed by atoms with Crippen molar-refractivity contribution in [1.82, 2.24) is 9.62 Å². The van der Waals surface area contributed by atoms with Crippen LogP contribution in [0.1, 0.15) is 23.5 Å². The number of thiophene rings is 1. The SMILES string of the molecule is C=S(=O)(c1ccc(C(=O)C2=NOCC=C2)s1)N(C)C(C)CNCC. The van der Waals surface area contributed by atoms with Crippen LogP contribution in [-0.2, 0) is 14.5 Å². The first-order valence-corrected chi connectivity index (χ1v) is 10.2. The van der Waals surface area contributed by atoms with Crippen molar-refractivity contribution in [1.29, 1.82) is 0 Å². The van der Waals surface area contributed by atoms with Gasteiger partial charge in [-0.05, 0) is 50.7 Å². The van der Waals surface area contributed by atoms with Crippen molar-refractivity contribution in [3.8, 4) is 0 Å². The molecule has 2 rings (SSSR count). The van der Waals surface area contributed by atoms with E-state index in [2.05, 4.69) is 16.3 Å². The van der Waals surface area contributed by atoms with Gasteiger partial charge in [0.1, 0.15) is 6.61 Å². The number of ketones is 1. The van der Waals surface area contributed by atoms with Crippen molar-refractivity contribution in [2.45, 2.75) is 24.1 Å². The van der Waals surface area contributed by atoms with E-state index in [4.69, 9.17) is 4.84 Å². The number of nitrogens with one attached hydrogen (secondary N) is 1. The Balaban J connectivity index is 2.18. The molecule has 1 aromatic rings. The predicted octanol–water partition coefficient (Wildman–Crippen LogP) is 1.79. The molecule has 2 atom stereocenters. The van der Waals surface area contributed by atoms with E-state index in [9.17, 15) is 9.00 Å². The third-order valence-electron chi connectivity index (χ3n) is 3.74. The van der Waals surface area contributed by atoms with Crippen LogP contribution in [0.25, 0.3) is 0 Å². The van der Waals surface area contributed by atoms with Crippen LogP contribution < -0.4 is 5.32 Å². The highest BCUT2D eigenvalue weighted by Crippen LogP contribution is 2.26. The van der Waals surface area contributed by atoms with E-state index < -0.39 is 9.71 Å². The normalized spacial score (nSPS) is 17.9. The molecule has 0 radical (unpaired) electrons. The molecule has 2 heterocycles. The Kier molecular flexibility index (Phi) is 6.34. The summed E-state index contributed by atoms with van der Waals surface area (Å²) in [5, 5.41) is 6.99. The van der Waals surface area contributed by atoms with Crippen molar-refractivity contribution >= 4 is 38.4 Å². The number of allylic oxidation sites excluding steroid dienone is 1. The fraction of sp³-hybridized carbons (Fsp3) is 0.438. The summed E-state index contributed by atoms with van der Waals surface area (Å²) in [6, 6.07) is 3.42. The molecule has 0 aromatic carbocycles. The zero-order valence-corrected chi connectivity index (χ0v) is 15.8. The average Bonchev–Trinajstić information content (AvgIpc) is 3.09. The molecule has 0 aliphatic carbocycles. The number of nitrogens with zero attached hydrogens (tertiary/aromatic N) is 2. The van der Waals surface area contributed by atoms with Crippen molar-refractivity contribution < 1.29 is 13.8 Å². The molecular formula is C16H23N3O3S2. The molecule has 24 heavy (non-hydrogen) atoms. The molecule has 1 aromatic heterocycles. The van der Waals surface area contributed by atoms with Gasteiger partial charge in [-0.2, -0.15) is 0 Å². The molecule has 1 aliphatic heterocycles. The first-order chi connectivity index (χ1) is 11.4. The maximum absolute atomic E-state index is 13.1. The second-order valence-corrected chi connectivity index (χ2v) is 9.10. The number of rotatable bonds is 8. The van der Waals surface area contributed by atoms with Gasteiger partial charge < -0.3 is 10.2 Å². The molecule has 132 valence electrons. The molecule has 0 amide bonds. The summed E-state index contributed by atoms with van der Waals surface area (Å²) in [7, 11) is -0.850. The highest BCUT2D eigenvalue weighted by Gasteiger charge is 2.24. The van der Waals surface area contributed by atoms with Gasteiger partial charge in [0.15, 0.2) is 5.71 Å². The van der Waals surface area contributed by atoms with Gasteiger partial charge in [0.05, 0.1) is 18.8 Å². The van der Waals surface area contributed by atoms with E-state index in [1.54, 1.807) is 35.6 Å². The van der Waals surface area contributed by atoms with Crippen LogP contribution in [0.5, 0.6) is 0 Å². The van der Waals surface area contributed by atoms with Crippen LogP contribution in [0.4, 0.5) is 0 Å². The van der Waals surface area contributed by atoms with Crippen molar-refractivity contribution in [2.75, 3.05) is 26.7 Å². The van der Waals surface area contributed by atoms with Gasteiger partial charge in [0.25, 0.3) is 0 Å². The van der Waals surface area contributed by atoms with Crippen LogP contribution in [0.3, 0.4) is 0 Å². The summed E-state index contributed by atoms with van der Waals surface area (Å²) in [5.74, 6) is 3.68.